The molecule has 4 heteroatoms. The smallest absolute Gasteiger partial charge is 0.136 e. The highest BCUT2D eigenvalue weighted by atomic mass is 32.2. The van der Waals surface area contributed by atoms with Crippen LogP contribution in [0.5, 0.6) is 0 Å². The first-order valence-corrected chi connectivity index (χ1v) is 13.5. The zero-order chi connectivity index (χ0) is 24.2. The Balaban J connectivity index is 1.77. The molecule has 0 N–H and O–H groups in total. The van der Waals surface area contributed by atoms with Crippen LogP contribution in [-0.4, -0.2) is 4.98 Å². The van der Waals surface area contributed by atoms with Crippen LogP contribution in [0, 0.1) is 12.8 Å². The van der Waals surface area contributed by atoms with Crippen LogP contribution in [0.3, 0.4) is 0 Å². The highest BCUT2D eigenvalue weighted by Gasteiger charge is 2.22. The maximum absolute atomic E-state index is 6.30. The number of nitrogens with zero attached hydrogens (tertiary/aromatic N) is 1. The van der Waals surface area contributed by atoms with Crippen molar-refractivity contribution in [1.82, 2.24) is 4.98 Å². The normalized spacial score (nSPS) is 12.4. The summed E-state index contributed by atoms with van der Waals surface area (Å²) in [5.74, 6) is 1.67. The Kier molecular flexibility index (Phi) is 5.86. The van der Waals surface area contributed by atoms with Gasteiger partial charge < -0.3 is 4.42 Å². The Labute approximate surface area is 210 Å². The van der Waals surface area contributed by atoms with Crippen LogP contribution in [-0.2, 0) is 11.8 Å². The van der Waals surface area contributed by atoms with E-state index in [-0.39, 0.29) is 5.41 Å². The number of hydrogen-bond donors (Lipinski definition) is 0. The molecule has 0 atom stereocenters. The molecule has 0 saturated carbocycles. The molecule has 0 fully saturated rings. The van der Waals surface area contributed by atoms with Crippen LogP contribution >= 0.6 is 23.1 Å². The van der Waals surface area contributed by atoms with Gasteiger partial charge in [-0.25, -0.2) is 0 Å². The summed E-state index contributed by atoms with van der Waals surface area (Å²) in [4.78, 5) is 6.15. The highest BCUT2D eigenvalue weighted by molar-refractivity contribution is 8.02. The van der Waals surface area contributed by atoms with Gasteiger partial charge in [-0.1, -0.05) is 59.0 Å². The molecule has 5 aromatic rings. The van der Waals surface area contributed by atoms with E-state index >= 15 is 0 Å². The first-order valence-electron chi connectivity index (χ1n) is 11.8. The van der Waals surface area contributed by atoms with Crippen molar-refractivity contribution >= 4 is 54.2 Å². The number of thioether (sulfide) groups is 1. The standard InChI is InChI=1S/C30H31NOS2/c1-8-33-24-12-9-19(16-21(24)30(5,6)7)28-27-20-10-11-22-26(18(4)23(32-22)15-17(2)3)29(20)34-25(27)13-14-31-28/h8-14,16-17H,1,15H2,2-7H3. The molecule has 0 radical (unpaired) electrons. The van der Waals surface area contributed by atoms with E-state index in [1.54, 1.807) is 11.8 Å². The monoisotopic (exact) mass is 485 g/mol. The van der Waals surface area contributed by atoms with Gasteiger partial charge in [-0.15, -0.1) is 11.3 Å². The minimum absolute atomic E-state index is 0.0266. The van der Waals surface area contributed by atoms with Gasteiger partial charge >= 0.3 is 0 Å². The lowest BCUT2D eigenvalue weighted by molar-refractivity contribution is 0.496. The minimum atomic E-state index is 0.0266. The number of furan rings is 1. The largest absolute Gasteiger partial charge is 0.461 e. The molecule has 0 saturated heterocycles. The first kappa shape index (κ1) is 23.2. The van der Waals surface area contributed by atoms with Crippen molar-refractivity contribution in [3.05, 3.63) is 71.5 Å². The average molecular weight is 486 g/mol. The van der Waals surface area contributed by atoms with Crippen molar-refractivity contribution in [2.45, 2.75) is 58.3 Å². The predicted octanol–water partition coefficient (Wildman–Crippen LogP) is 9.90. The lowest BCUT2D eigenvalue weighted by Crippen LogP contribution is -2.12. The molecule has 0 aliphatic rings. The summed E-state index contributed by atoms with van der Waals surface area (Å²) in [5.41, 5.74) is 5.82. The summed E-state index contributed by atoms with van der Waals surface area (Å²) in [6.07, 6.45) is 2.91. The zero-order valence-corrected chi connectivity index (χ0v) is 22.4. The number of rotatable bonds is 5. The van der Waals surface area contributed by atoms with E-state index in [1.165, 1.54) is 41.6 Å². The molecule has 174 valence electrons. The number of fused-ring (bicyclic) bond motifs is 5. The third kappa shape index (κ3) is 3.87. The lowest BCUT2D eigenvalue weighted by Gasteiger charge is -2.23. The van der Waals surface area contributed by atoms with Gasteiger partial charge in [-0.05, 0) is 65.1 Å². The number of aromatic nitrogens is 1. The van der Waals surface area contributed by atoms with E-state index in [9.17, 15) is 0 Å². The van der Waals surface area contributed by atoms with E-state index in [0.717, 1.165) is 29.0 Å². The Morgan fingerprint density at radius 1 is 1.12 bits per heavy atom. The second kappa shape index (κ2) is 8.58. The highest BCUT2D eigenvalue weighted by Crippen LogP contribution is 2.45. The van der Waals surface area contributed by atoms with Gasteiger partial charge in [0.1, 0.15) is 11.3 Å². The SMILES string of the molecule is C=CSc1ccc(-c2nccc3sc4c(ccc5oc(CC(C)C)c(C)c54)c23)cc1C(C)(C)C. The van der Waals surface area contributed by atoms with E-state index in [0.29, 0.717) is 5.92 Å². The topological polar surface area (TPSA) is 26.0 Å². The fourth-order valence-corrected chi connectivity index (χ4v) is 6.91. The molecule has 2 aromatic carbocycles. The third-order valence-electron chi connectivity index (χ3n) is 6.40. The van der Waals surface area contributed by atoms with Gasteiger partial charge in [0, 0.05) is 48.6 Å². The van der Waals surface area contributed by atoms with Gasteiger partial charge in [0.15, 0.2) is 0 Å². The molecular weight excluding hydrogens is 454 g/mol. The van der Waals surface area contributed by atoms with E-state index < -0.39 is 0 Å². The van der Waals surface area contributed by atoms with Crippen LogP contribution < -0.4 is 0 Å². The predicted molar refractivity (Wildman–Crippen MR) is 150 cm³/mol. The van der Waals surface area contributed by atoms with Crippen LogP contribution in [0.4, 0.5) is 0 Å². The molecular formula is C30H31NOS2. The molecule has 0 bridgehead atoms. The summed E-state index contributed by atoms with van der Waals surface area (Å²) < 4.78 is 8.86. The van der Waals surface area contributed by atoms with Gasteiger partial charge in [0.2, 0.25) is 0 Å². The molecule has 0 amide bonds. The molecule has 0 aliphatic carbocycles. The molecule has 5 rings (SSSR count). The number of aryl methyl sites for hydroxylation is 1. The van der Waals surface area contributed by atoms with Crippen LogP contribution in [0.25, 0.3) is 42.4 Å². The van der Waals surface area contributed by atoms with Crippen molar-refractivity contribution in [2.24, 2.45) is 5.92 Å². The van der Waals surface area contributed by atoms with Crippen LogP contribution in [0.2, 0.25) is 0 Å². The number of thiophene rings is 1. The Morgan fingerprint density at radius 2 is 1.91 bits per heavy atom. The molecule has 0 aliphatic heterocycles. The molecule has 2 nitrogen and oxygen atoms in total. The Bertz CT molecular complexity index is 1550. The molecule has 3 aromatic heterocycles. The van der Waals surface area contributed by atoms with Crippen molar-refractivity contribution in [1.29, 1.82) is 0 Å². The maximum atomic E-state index is 6.30. The van der Waals surface area contributed by atoms with Gasteiger partial charge in [0.25, 0.3) is 0 Å². The van der Waals surface area contributed by atoms with E-state index in [2.05, 4.69) is 84.5 Å². The second-order valence-corrected chi connectivity index (χ2v) is 12.5. The summed E-state index contributed by atoms with van der Waals surface area (Å²) in [6.45, 7) is 17.4. The summed E-state index contributed by atoms with van der Waals surface area (Å²) in [6, 6.07) is 13.2. The summed E-state index contributed by atoms with van der Waals surface area (Å²) >= 11 is 3.54. The number of benzene rings is 2. The van der Waals surface area contributed by atoms with Crippen LogP contribution in [0.1, 0.15) is 51.5 Å². The summed E-state index contributed by atoms with van der Waals surface area (Å²) in [7, 11) is 0. The molecule has 34 heavy (non-hydrogen) atoms. The van der Waals surface area contributed by atoms with Crippen molar-refractivity contribution in [3.63, 3.8) is 0 Å². The third-order valence-corrected chi connectivity index (χ3v) is 8.37. The minimum Gasteiger partial charge on any atom is -0.461 e. The molecule has 3 heterocycles. The quantitative estimate of drug-likeness (QED) is 0.232. The van der Waals surface area contributed by atoms with Gasteiger partial charge in [-0.2, -0.15) is 0 Å². The summed E-state index contributed by atoms with van der Waals surface area (Å²) in [5, 5.41) is 5.66. The lowest BCUT2D eigenvalue weighted by atomic mass is 9.85. The van der Waals surface area contributed by atoms with Crippen molar-refractivity contribution in [3.8, 4) is 11.3 Å². The zero-order valence-electron chi connectivity index (χ0n) is 20.8. The first-order chi connectivity index (χ1) is 16.2. The van der Waals surface area contributed by atoms with Crippen molar-refractivity contribution in [2.75, 3.05) is 0 Å². The number of hydrogen-bond acceptors (Lipinski definition) is 4. The fraction of sp³-hybridized carbons (Fsp3) is 0.300. The number of pyridine rings is 1. The van der Waals surface area contributed by atoms with Gasteiger partial charge in [-0.3, -0.25) is 4.98 Å². The molecule has 0 spiro atoms. The fourth-order valence-electron chi connectivity index (χ4n) is 4.80. The second-order valence-electron chi connectivity index (χ2n) is 10.4. The van der Waals surface area contributed by atoms with Gasteiger partial charge in [0.05, 0.1) is 5.69 Å². The van der Waals surface area contributed by atoms with E-state index in [4.69, 9.17) is 9.40 Å². The maximum Gasteiger partial charge on any atom is 0.136 e. The molecule has 0 unspecified atom stereocenters. The van der Waals surface area contributed by atoms with Crippen LogP contribution in [0.15, 0.2) is 63.9 Å². The van der Waals surface area contributed by atoms with E-state index in [1.807, 2.05) is 22.9 Å². The Hall–Kier alpha value is -2.56. The van der Waals surface area contributed by atoms with Crippen molar-refractivity contribution < 1.29 is 4.42 Å². The average Bonchev–Trinajstić information content (AvgIpc) is 3.30. The Morgan fingerprint density at radius 3 is 2.62 bits per heavy atom.